The van der Waals surface area contributed by atoms with E-state index in [4.69, 9.17) is 5.11 Å². The number of hydrogen-bond acceptors (Lipinski definition) is 2. The van der Waals surface area contributed by atoms with E-state index >= 15 is 0 Å². The van der Waals surface area contributed by atoms with E-state index in [-0.39, 0.29) is 5.92 Å². The highest BCUT2D eigenvalue weighted by molar-refractivity contribution is 5.69. The first-order chi connectivity index (χ1) is 6.70. The molecule has 3 nitrogen and oxygen atoms in total. The molecule has 0 aromatic carbocycles. The van der Waals surface area contributed by atoms with Crippen LogP contribution in [0.4, 0.5) is 0 Å². The van der Waals surface area contributed by atoms with Crippen molar-refractivity contribution in [1.82, 2.24) is 5.32 Å². The molecule has 1 saturated carbocycles. The van der Waals surface area contributed by atoms with Gasteiger partial charge in [0.05, 0.1) is 5.92 Å². The predicted molar refractivity (Wildman–Crippen MR) is 56.2 cm³/mol. The van der Waals surface area contributed by atoms with E-state index in [1.165, 1.54) is 32.1 Å². The molecular formula is C11H21NO2. The van der Waals surface area contributed by atoms with Gasteiger partial charge in [0.15, 0.2) is 0 Å². The molecule has 82 valence electrons. The summed E-state index contributed by atoms with van der Waals surface area (Å²) in [5, 5.41) is 11.9. The van der Waals surface area contributed by atoms with Gasteiger partial charge in [-0.2, -0.15) is 0 Å². The van der Waals surface area contributed by atoms with Crippen LogP contribution in [0.25, 0.3) is 0 Å². The van der Waals surface area contributed by atoms with Crippen LogP contribution < -0.4 is 5.32 Å². The predicted octanol–water partition coefficient (Wildman–Crippen LogP) is 1.88. The Labute approximate surface area is 85.9 Å². The first-order valence-corrected chi connectivity index (χ1v) is 5.63. The van der Waals surface area contributed by atoms with E-state index in [2.05, 4.69) is 5.32 Å². The van der Waals surface area contributed by atoms with Gasteiger partial charge < -0.3 is 10.4 Å². The first-order valence-electron chi connectivity index (χ1n) is 5.63. The normalized spacial score (nSPS) is 20.6. The van der Waals surface area contributed by atoms with E-state index in [0.717, 1.165) is 12.5 Å². The third-order valence-corrected chi connectivity index (χ3v) is 3.03. The summed E-state index contributed by atoms with van der Waals surface area (Å²) in [6.45, 7) is 3.35. The molecule has 0 radical (unpaired) electrons. The van der Waals surface area contributed by atoms with Crippen molar-refractivity contribution in [2.45, 2.75) is 39.0 Å². The Morgan fingerprint density at radius 3 is 2.64 bits per heavy atom. The van der Waals surface area contributed by atoms with Gasteiger partial charge >= 0.3 is 5.97 Å². The third-order valence-electron chi connectivity index (χ3n) is 3.03. The molecule has 0 bridgehead atoms. The zero-order valence-corrected chi connectivity index (χ0v) is 8.96. The summed E-state index contributed by atoms with van der Waals surface area (Å²) in [6, 6.07) is 0. The monoisotopic (exact) mass is 199 g/mol. The first kappa shape index (κ1) is 11.5. The van der Waals surface area contributed by atoms with E-state index in [1.807, 2.05) is 0 Å². The molecule has 0 aromatic rings. The number of hydrogen-bond donors (Lipinski definition) is 2. The highest BCUT2D eigenvalue weighted by Crippen LogP contribution is 2.22. The smallest absolute Gasteiger partial charge is 0.307 e. The second-order valence-electron chi connectivity index (χ2n) is 4.40. The fourth-order valence-corrected chi connectivity index (χ4v) is 1.98. The molecule has 0 spiro atoms. The van der Waals surface area contributed by atoms with Gasteiger partial charge in [0, 0.05) is 6.54 Å². The van der Waals surface area contributed by atoms with Crippen molar-refractivity contribution in [3.63, 3.8) is 0 Å². The number of nitrogens with one attached hydrogen (secondary N) is 1. The van der Waals surface area contributed by atoms with Crippen molar-refractivity contribution in [2.75, 3.05) is 13.1 Å². The van der Waals surface area contributed by atoms with E-state index in [0.29, 0.717) is 6.54 Å². The van der Waals surface area contributed by atoms with Crippen LogP contribution in [0.15, 0.2) is 0 Å². The summed E-state index contributed by atoms with van der Waals surface area (Å²) in [5.74, 6) is -0.190. The summed E-state index contributed by atoms with van der Waals surface area (Å²) in [7, 11) is 0. The molecule has 1 aliphatic carbocycles. The quantitative estimate of drug-likeness (QED) is 0.710. The Kier molecular flexibility index (Phi) is 4.94. The SMILES string of the molecule is CC(CNCC1CCCCC1)C(=O)O. The number of carbonyl (C=O) groups is 1. The van der Waals surface area contributed by atoms with Crippen molar-refractivity contribution in [3.8, 4) is 0 Å². The van der Waals surface area contributed by atoms with Crippen LogP contribution in [0.1, 0.15) is 39.0 Å². The molecule has 1 rings (SSSR count). The van der Waals surface area contributed by atoms with Gasteiger partial charge in [0.1, 0.15) is 0 Å². The van der Waals surface area contributed by atoms with Crippen LogP contribution in [0.3, 0.4) is 0 Å². The lowest BCUT2D eigenvalue weighted by atomic mass is 9.89. The molecule has 0 aliphatic heterocycles. The molecule has 1 fully saturated rings. The van der Waals surface area contributed by atoms with Crippen LogP contribution in [0.2, 0.25) is 0 Å². The number of rotatable bonds is 5. The van der Waals surface area contributed by atoms with E-state index < -0.39 is 5.97 Å². The number of aliphatic carboxylic acids is 1. The number of carboxylic acids is 1. The highest BCUT2D eigenvalue weighted by Gasteiger charge is 2.14. The lowest BCUT2D eigenvalue weighted by Crippen LogP contribution is -2.31. The Balaban J connectivity index is 2.05. The molecule has 3 heteroatoms. The Morgan fingerprint density at radius 1 is 1.43 bits per heavy atom. The summed E-state index contributed by atoms with van der Waals surface area (Å²) >= 11 is 0. The summed E-state index contributed by atoms with van der Waals surface area (Å²) < 4.78 is 0. The lowest BCUT2D eigenvalue weighted by Gasteiger charge is -2.22. The van der Waals surface area contributed by atoms with Gasteiger partial charge in [-0.3, -0.25) is 4.79 Å². The maximum atomic E-state index is 10.5. The minimum absolute atomic E-state index is 0.265. The fourth-order valence-electron chi connectivity index (χ4n) is 1.98. The molecule has 0 amide bonds. The summed E-state index contributed by atoms with van der Waals surface area (Å²) in [5.41, 5.74) is 0. The summed E-state index contributed by atoms with van der Waals surface area (Å²) in [6.07, 6.45) is 6.70. The molecule has 2 N–H and O–H groups in total. The van der Waals surface area contributed by atoms with Crippen molar-refractivity contribution >= 4 is 5.97 Å². The van der Waals surface area contributed by atoms with Gasteiger partial charge in [-0.1, -0.05) is 26.2 Å². The zero-order valence-electron chi connectivity index (χ0n) is 8.96. The Morgan fingerprint density at radius 2 is 2.07 bits per heavy atom. The summed E-state index contributed by atoms with van der Waals surface area (Å²) in [4.78, 5) is 10.5. The molecule has 0 saturated heterocycles. The van der Waals surface area contributed by atoms with Crippen molar-refractivity contribution in [3.05, 3.63) is 0 Å². The average molecular weight is 199 g/mol. The third kappa shape index (κ3) is 4.09. The second-order valence-corrected chi connectivity index (χ2v) is 4.40. The van der Waals surface area contributed by atoms with Crippen molar-refractivity contribution in [2.24, 2.45) is 11.8 Å². The fraction of sp³-hybridized carbons (Fsp3) is 0.909. The maximum absolute atomic E-state index is 10.5. The molecule has 0 heterocycles. The van der Waals surface area contributed by atoms with Gasteiger partial charge in [0.2, 0.25) is 0 Å². The second kappa shape index (κ2) is 6.02. The molecule has 1 unspecified atom stereocenters. The minimum Gasteiger partial charge on any atom is -0.481 e. The largest absolute Gasteiger partial charge is 0.481 e. The molecule has 0 aromatic heterocycles. The minimum atomic E-state index is -0.707. The highest BCUT2D eigenvalue weighted by atomic mass is 16.4. The maximum Gasteiger partial charge on any atom is 0.307 e. The molecular weight excluding hydrogens is 178 g/mol. The van der Waals surface area contributed by atoms with Crippen LogP contribution in [-0.4, -0.2) is 24.2 Å². The topological polar surface area (TPSA) is 49.3 Å². The van der Waals surface area contributed by atoms with Crippen LogP contribution in [-0.2, 0) is 4.79 Å². The van der Waals surface area contributed by atoms with Gasteiger partial charge in [-0.15, -0.1) is 0 Å². The number of carboxylic acid groups (broad SMARTS) is 1. The van der Waals surface area contributed by atoms with Crippen molar-refractivity contribution < 1.29 is 9.90 Å². The van der Waals surface area contributed by atoms with E-state index in [9.17, 15) is 4.79 Å². The van der Waals surface area contributed by atoms with E-state index in [1.54, 1.807) is 6.92 Å². The van der Waals surface area contributed by atoms with Crippen molar-refractivity contribution in [1.29, 1.82) is 0 Å². The zero-order chi connectivity index (χ0) is 10.4. The Bertz CT molecular complexity index is 176. The molecule has 1 atom stereocenters. The van der Waals surface area contributed by atoms with Gasteiger partial charge in [-0.25, -0.2) is 0 Å². The Hall–Kier alpha value is -0.570. The van der Waals surface area contributed by atoms with Crippen LogP contribution >= 0.6 is 0 Å². The van der Waals surface area contributed by atoms with Gasteiger partial charge in [-0.05, 0) is 25.3 Å². The molecule has 1 aliphatic rings. The van der Waals surface area contributed by atoms with Crippen LogP contribution in [0, 0.1) is 11.8 Å². The average Bonchev–Trinajstić information content (AvgIpc) is 2.19. The molecule has 14 heavy (non-hydrogen) atoms. The van der Waals surface area contributed by atoms with Crippen LogP contribution in [0.5, 0.6) is 0 Å². The van der Waals surface area contributed by atoms with Gasteiger partial charge in [0.25, 0.3) is 0 Å². The standard InChI is InChI=1S/C11H21NO2/c1-9(11(13)14)7-12-8-10-5-3-2-4-6-10/h9-10,12H,2-8H2,1H3,(H,13,14). The lowest BCUT2D eigenvalue weighted by molar-refractivity contribution is -0.140.